The maximum Gasteiger partial charge on any atom is 0.0585 e. The highest BCUT2D eigenvalue weighted by Gasteiger charge is 2.31. The van der Waals surface area contributed by atoms with Crippen molar-refractivity contribution in [3.05, 3.63) is 142 Å². The summed E-state index contributed by atoms with van der Waals surface area (Å²) in [6.07, 6.45) is 38.0. The first-order chi connectivity index (χ1) is 19.3. The normalized spacial score (nSPS) is 20.2. The number of aliphatic hydroxyl groups excluding tert-OH is 1. The highest BCUT2D eigenvalue weighted by molar-refractivity contribution is 5.38. The minimum Gasteiger partial charge on any atom is -0.393 e. The SMILES string of the molecule is CC(C)=CCC/C(C)=C/C=C\C(C)=C\C=C\C(C)=C\C=C\C=C(C)\C=C\C=C(C)\C=C\C1=C(C)C[C@@H](O)CC1(C)C. The second-order valence-electron chi connectivity index (χ2n) is 12.4. The van der Waals surface area contributed by atoms with Crippen LogP contribution < -0.4 is 0 Å². The number of rotatable bonds is 13. The fourth-order valence-corrected chi connectivity index (χ4v) is 4.77. The Labute approximate surface area is 252 Å². The molecule has 1 atom stereocenters. The minimum atomic E-state index is -0.222. The summed E-state index contributed by atoms with van der Waals surface area (Å²) in [4.78, 5) is 0. The van der Waals surface area contributed by atoms with Gasteiger partial charge >= 0.3 is 0 Å². The molecule has 1 nitrogen and oxygen atoms in total. The van der Waals surface area contributed by atoms with Crippen LogP contribution in [0.2, 0.25) is 0 Å². The second kappa shape index (κ2) is 19.1. The Hall–Kier alpha value is -3.16. The van der Waals surface area contributed by atoms with Crippen molar-refractivity contribution in [1.29, 1.82) is 0 Å². The van der Waals surface area contributed by atoms with Crippen molar-refractivity contribution in [2.75, 3.05) is 0 Å². The second-order valence-corrected chi connectivity index (χ2v) is 12.4. The zero-order valence-corrected chi connectivity index (χ0v) is 27.6. The lowest BCUT2D eigenvalue weighted by molar-refractivity contribution is 0.116. The average Bonchev–Trinajstić information content (AvgIpc) is 2.85. The van der Waals surface area contributed by atoms with Crippen LogP contribution in [0.5, 0.6) is 0 Å². The standard InChI is InChI=1S/C40H56O/c1-31(2)17-13-20-34(5)23-15-25-35(6)24-14-21-32(3)18-11-12-19-33(4)22-16-26-36(7)27-28-39-37(8)29-38(41)30-40(39,9)10/h11-12,14-19,21-28,38,41H,13,20,29-30H2,1-10H3/b12-11+,21-14+,22-16+,25-15-,28-27+,32-18+,33-19+,34-23+,35-24+,36-26+/t38-/m1/s1. The Balaban J connectivity index is 2.60. The molecule has 0 heterocycles. The van der Waals surface area contributed by atoms with Gasteiger partial charge in [-0.05, 0) is 92.1 Å². The quantitative estimate of drug-likeness (QED) is 0.178. The van der Waals surface area contributed by atoms with Gasteiger partial charge in [0.2, 0.25) is 0 Å². The summed E-state index contributed by atoms with van der Waals surface area (Å²) < 4.78 is 0. The van der Waals surface area contributed by atoms with Crippen molar-refractivity contribution in [2.45, 2.75) is 101 Å². The summed E-state index contributed by atoms with van der Waals surface area (Å²) in [7, 11) is 0. The Kier molecular flexibility index (Phi) is 16.7. The van der Waals surface area contributed by atoms with Crippen LogP contribution in [0.25, 0.3) is 0 Å². The van der Waals surface area contributed by atoms with E-state index in [0.29, 0.717) is 0 Å². The third kappa shape index (κ3) is 16.6. The smallest absolute Gasteiger partial charge is 0.0585 e. The highest BCUT2D eigenvalue weighted by atomic mass is 16.3. The molecule has 41 heavy (non-hydrogen) atoms. The fraction of sp³-hybridized carbons (Fsp3) is 0.400. The van der Waals surface area contributed by atoms with Gasteiger partial charge < -0.3 is 5.11 Å². The van der Waals surface area contributed by atoms with Crippen LogP contribution in [0.3, 0.4) is 0 Å². The molecule has 0 aromatic heterocycles. The molecule has 0 aromatic carbocycles. The van der Waals surface area contributed by atoms with Crippen molar-refractivity contribution in [2.24, 2.45) is 5.41 Å². The number of allylic oxidation sites excluding steroid dienone is 23. The fourth-order valence-electron chi connectivity index (χ4n) is 4.77. The van der Waals surface area contributed by atoms with E-state index in [-0.39, 0.29) is 11.5 Å². The van der Waals surface area contributed by atoms with Crippen molar-refractivity contribution in [3.8, 4) is 0 Å². The molecule has 0 bridgehead atoms. The zero-order chi connectivity index (χ0) is 30.8. The number of hydrogen-bond acceptors (Lipinski definition) is 1. The van der Waals surface area contributed by atoms with E-state index in [1.165, 1.54) is 44.6 Å². The van der Waals surface area contributed by atoms with Gasteiger partial charge in [0.1, 0.15) is 0 Å². The molecule has 0 aliphatic heterocycles. The molecule has 1 heteroatoms. The molecule has 0 saturated heterocycles. The third-order valence-corrected chi connectivity index (χ3v) is 7.09. The van der Waals surface area contributed by atoms with E-state index in [9.17, 15) is 5.11 Å². The summed E-state index contributed by atoms with van der Waals surface area (Å²) in [5, 5.41) is 10.1. The summed E-state index contributed by atoms with van der Waals surface area (Å²) in [6.45, 7) is 21.6. The molecule has 0 fully saturated rings. The van der Waals surface area contributed by atoms with Crippen LogP contribution in [0.15, 0.2) is 142 Å². The van der Waals surface area contributed by atoms with Gasteiger partial charge in [0, 0.05) is 0 Å². The third-order valence-electron chi connectivity index (χ3n) is 7.09. The van der Waals surface area contributed by atoms with E-state index < -0.39 is 0 Å². The zero-order valence-electron chi connectivity index (χ0n) is 27.6. The molecular formula is C40H56O. The van der Waals surface area contributed by atoms with Gasteiger partial charge in [-0.15, -0.1) is 0 Å². The van der Waals surface area contributed by atoms with Gasteiger partial charge in [-0.3, -0.25) is 0 Å². The summed E-state index contributed by atoms with van der Waals surface area (Å²) in [5.74, 6) is 0. The van der Waals surface area contributed by atoms with Crippen LogP contribution in [-0.4, -0.2) is 11.2 Å². The van der Waals surface area contributed by atoms with Crippen LogP contribution in [0.1, 0.15) is 94.9 Å². The molecule has 222 valence electrons. The Morgan fingerprint density at radius 3 is 1.66 bits per heavy atom. The minimum absolute atomic E-state index is 0.0115. The monoisotopic (exact) mass is 552 g/mol. The topological polar surface area (TPSA) is 20.2 Å². The van der Waals surface area contributed by atoms with Crippen molar-refractivity contribution >= 4 is 0 Å². The van der Waals surface area contributed by atoms with E-state index >= 15 is 0 Å². The van der Waals surface area contributed by atoms with Gasteiger partial charge in [0.15, 0.2) is 0 Å². The Bertz CT molecular complexity index is 1220. The largest absolute Gasteiger partial charge is 0.393 e. The maximum atomic E-state index is 10.1. The van der Waals surface area contributed by atoms with Gasteiger partial charge in [0.25, 0.3) is 0 Å². The molecule has 0 saturated carbocycles. The van der Waals surface area contributed by atoms with Crippen molar-refractivity contribution in [3.63, 3.8) is 0 Å². The lowest BCUT2D eigenvalue weighted by atomic mass is 9.71. The molecular weight excluding hydrogens is 496 g/mol. The predicted molar refractivity (Wildman–Crippen MR) is 185 cm³/mol. The lowest BCUT2D eigenvalue weighted by Gasteiger charge is -2.35. The molecule has 1 aliphatic rings. The van der Waals surface area contributed by atoms with E-state index in [4.69, 9.17) is 0 Å². The molecule has 1 aliphatic carbocycles. The van der Waals surface area contributed by atoms with Gasteiger partial charge in [-0.2, -0.15) is 0 Å². The first kappa shape index (κ1) is 35.9. The average molecular weight is 553 g/mol. The summed E-state index contributed by atoms with van der Waals surface area (Å²) >= 11 is 0. The first-order valence-electron chi connectivity index (χ1n) is 15.1. The van der Waals surface area contributed by atoms with Gasteiger partial charge in [-0.1, -0.05) is 150 Å². The number of aliphatic hydroxyl groups is 1. The predicted octanol–water partition coefficient (Wildman–Crippen LogP) is 11.7. The molecule has 0 spiro atoms. The maximum absolute atomic E-state index is 10.1. The van der Waals surface area contributed by atoms with Crippen molar-refractivity contribution in [1.82, 2.24) is 0 Å². The van der Waals surface area contributed by atoms with Crippen LogP contribution >= 0.6 is 0 Å². The van der Waals surface area contributed by atoms with Crippen LogP contribution in [0, 0.1) is 5.41 Å². The Morgan fingerprint density at radius 2 is 1.17 bits per heavy atom. The van der Waals surface area contributed by atoms with E-state index in [1.807, 2.05) is 0 Å². The van der Waals surface area contributed by atoms with Gasteiger partial charge in [-0.25, -0.2) is 0 Å². The van der Waals surface area contributed by atoms with Crippen LogP contribution in [-0.2, 0) is 0 Å². The highest BCUT2D eigenvalue weighted by Crippen LogP contribution is 2.41. The summed E-state index contributed by atoms with van der Waals surface area (Å²) in [5.41, 5.74) is 10.3. The van der Waals surface area contributed by atoms with Crippen LogP contribution in [0.4, 0.5) is 0 Å². The van der Waals surface area contributed by atoms with Gasteiger partial charge in [0.05, 0.1) is 6.10 Å². The molecule has 0 amide bonds. The molecule has 0 unspecified atom stereocenters. The molecule has 1 rings (SSSR count). The number of hydrogen-bond donors (Lipinski definition) is 1. The Morgan fingerprint density at radius 1 is 0.707 bits per heavy atom. The molecule has 0 aromatic rings. The van der Waals surface area contributed by atoms with E-state index in [1.54, 1.807) is 0 Å². The van der Waals surface area contributed by atoms with E-state index in [0.717, 1.165) is 25.7 Å². The van der Waals surface area contributed by atoms with E-state index in [2.05, 4.69) is 166 Å². The van der Waals surface area contributed by atoms with Crippen molar-refractivity contribution < 1.29 is 5.11 Å². The molecule has 1 N–H and O–H groups in total. The molecule has 0 radical (unpaired) electrons. The lowest BCUT2D eigenvalue weighted by Crippen LogP contribution is -2.28. The first-order valence-corrected chi connectivity index (χ1v) is 15.1. The summed E-state index contributed by atoms with van der Waals surface area (Å²) in [6, 6.07) is 0.